The second-order valence-corrected chi connectivity index (χ2v) is 6.45. The molecular formula is C18H20BrNO4. The molecule has 0 saturated carbocycles. The average Bonchev–Trinajstić information content (AvgIpc) is 2.56. The third-order valence-electron chi connectivity index (χ3n) is 3.65. The van der Waals surface area contributed by atoms with Gasteiger partial charge in [0.15, 0.2) is 0 Å². The number of hydrogen-bond donors (Lipinski definition) is 3. The van der Waals surface area contributed by atoms with Gasteiger partial charge in [0.1, 0.15) is 11.9 Å². The molecule has 2 aromatic rings. The molecule has 0 aliphatic rings. The summed E-state index contributed by atoms with van der Waals surface area (Å²) in [6, 6.07) is 13.7. The van der Waals surface area contributed by atoms with E-state index in [1.807, 2.05) is 19.1 Å². The highest BCUT2D eigenvalue weighted by Gasteiger charge is 2.23. The van der Waals surface area contributed by atoms with Crippen LogP contribution in [0.3, 0.4) is 0 Å². The lowest BCUT2D eigenvalue weighted by Gasteiger charge is -2.24. The van der Waals surface area contributed by atoms with Gasteiger partial charge in [0.05, 0.1) is 0 Å². The molecule has 0 spiro atoms. The lowest BCUT2D eigenvalue weighted by atomic mass is 9.94. The van der Waals surface area contributed by atoms with Crippen LogP contribution in [0.2, 0.25) is 0 Å². The molecule has 2 rings (SSSR count). The zero-order chi connectivity index (χ0) is 17.5. The molecule has 1 amide bonds. The highest BCUT2D eigenvalue weighted by atomic mass is 79.9. The standard InChI is InChI=1S/C18H20BrNO4/c1-12(10-11-21)17(13-2-8-16(22)9-3-13)24-18(23)20-15-6-4-14(19)5-7-15/h2-9,12,17,21-22H,10-11H2,1H3,(H,20,23)/t12-,17+/m1/s1. The Labute approximate surface area is 149 Å². The number of nitrogens with one attached hydrogen (secondary N) is 1. The third-order valence-corrected chi connectivity index (χ3v) is 4.18. The predicted molar refractivity (Wildman–Crippen MR) is 96.0 cm³/mol. The SMILES string of the molecule is C[C@H](CCO)[C@H](OC(=O)Nc1ccc(Br)cc1)c1ccc(O)cc1. The average molecular weight is 394 g/mol. The summed E-state index contributed by atoms with van der Waals surface area (Å²) in [5.41, 5.74) is 1.39. The Morgan fingerprint density at radius 1 is 1.17 bits per heavy atom. The van der Waals surface area contributed by atoms with Crippen LogP contribution in [-0.2, 0) is 4.74 Å². The quantitative estimate of drug-likeness (QED) is 0.676. The van der Waals surface area contributed by atoms with E-state index >= 15 is 0 Å². The number of phenols is 1. The second kappa shape index (κ2) is 8.70. The van der Waals surface area contributed by atoms with E-state index in [0.717, 1.165) is 10.0 Å². The molecule has 128 valence electrons. The number of aromatic hydroxyl groups is 1. The molecule has 2 aromatic carbocycles. The molecule has 6 heteroatoms. The summed E-state index contributed by atoms with van der Waals surface area (Å²) < 4.78 is 6.49. The van der Waals surface area contributed by atoms with Crippen LogP contribution in [0, 0.1) is 5.92 Å². The van der Waals surface area contributed by atoms with Gasteiger partial charge < -0.3 is 14.9 Å². The number of aliphatic hydroxyl groups is 1. The minimum Gasteiger partial charge on any atom is -0.508 e. The topological polar surface area (TPSA) is 78.8 Å². The largest absolute Gasteiger partial charge is 0.508 e. The Kier molecular flexibility index (Phi) is 6.63. The van der Waals surface area contributed by atoms with E-state index in [1.54, 1.807) is 36.4 Å². The summed E-state index contributed by atoms with van der Waals surface area (Å²) in [6.07, 6.45) is -0.592. The normalized spacial score (nSPS) is 13.1. The third kappa shape index (κ3) is 5.25. The number of carbonyl (C=O) groups is 1. The second-order valence-electron chi connectivity index (χ2n) is 5.54. The van der Waals surface area contributed by atoms with Crippen LogP contribution < -0.4 is 5.32 Å². The molecule has 0 aromatic heterocycles. The lowest BCUT2D eigenvalue weighted by Crippen LogP contribution is -2.22. The van der Waals surface area contributed by atoms with Gasteiger partial charge in [-0.1, -0.05) is 35.0 Å². The highest BCUT2D eigenvalue weighted by molar-refractivity contribution is 9.10. The van der Waals surface area contributed by atoms with E-state index < -0.39 is 12.2 Å². The smallest absolute Gasteiger partial charge is 0.412 e. The number of halogens is 1. The van der Waals surface area contributed by atoms with E-state index in [4.69, 9.17) is 4.74 Å². The summed E-state index contributed by atoms with van der Waals surface area (Å²) in [5.74, 6) is 0.0711. The van der Waals surface area contributed by atoms with E-state index in [1.165, 1.54) is 0 Å². The van der Waals surface area contributed by atoms with Crippen LogP contribution >= 0.6 is 15.9 Å². The predicted octanol–water partition coefficient (Wildman–Crippen LogP) is 4.46. The number of rotatable bonds is 6. The van der Waals surface area contributed by atoms with E-state index in [2.05, 4.69) is 21.2 Å². The molecule has 3 N–H and O–H groups in total. The Balaban J connectivity index is 2.10. The molecule has 0 unspecified atom stereocenters. The van der Waals surface area contributed by atoms with Crippen molar-refractivity contribution in [3.63, 3.8) is 0 Å². The van der Waals surface area contributed by atoms with Crippen LogP contribution in [0.15, 0.2) is 53.0 Å². The minimum absolute atomic E-state index is 0.00738. The van der Waals surface area contributed by atoms with Gasteiger partial charge >= 0.3 is 6.09 Å². The van der Waals surface area contributed by atoms with Crippen molar-refractivity contribution < 1.29 is 19.7 Å². The molecule has 0 radical (unpaired) electrons. The van der Waals surface area contributed by atoms with Crippen molar-refractivity contribution in [1.82, 2.24) is 0 Å². The van der Waals surface area contributed by atoms with Gasteiger partial charge in [-0.2, -0.15) is 0 Å². The van der Waals surface area contributed by atoms with Gasteiger partial charge in [-0.15, -0.1) is 0 Å². The highest BCUT2D eigenvalue weighted by Crippen LogP contribution is 2.30. The van der Waals surface area contributed by atoms with Crippen molar-refractivity contribution in [3.05, 3.63) is 58.6 Å². The van der Waals surface area contributed by atoms with Crippen molar-refractivity contribution in [2.24, 2.45) is 5.92 Å². The van der Waals surface area contributed by atoms with Crippen LogP contribution in [0.5, 0.6) is 5.75 Å². The fraction of sp³-hybridized carbons (Fsp3) is 0.278. The molecular weight excluding hydrogens is 374 g/mol. The monoisotopic (exact) mass is 393 g/mol. The number of aliphatic hydroxyl groups excluding tert-OH is 1. The van der Waals surface area contributed by atoms with Gasteiger partial charge in [-0.05, 0) is 54.3 Å². The van der Waals surface area contributed by atoms with E-state index in [9.17, 15) is 15.0 Å². The maximum absolute atomic E-state index is 12.2. The molecule has 0 fully saturated rings. The maximum Gasteiger partial charge on any atom is 0.412 e. The van der Waals surface area contributed by atoms with E-state index in [-0.39, 0.29) is 18.3 Å². The fourth-order valence-electron chi connectivity index (χ4n) is 2.33. The van der Waals surface area contributed by atoms with Crippen molar-refractivity contribution in [2.45, 2.75) is 19.4 Å². The van der Waals surface area contributed by atoms with Crippen molar-refractivity contribution in [2.75, 3.05) is 11.9 Å². The van der Waals surface area contributed by atoms with E-state index in [0.29, 0.717) is 12.1 Å². The zero-order valence-corrected chi connectivity index (χ0v) is 14.9. The van der Waals surface area contributed by atoms with Crippen LogP contribution in [0.4, 0.5) is 10.5 Å². The van der Waals surface area contributed by atoms with Crippen LogP contribution in [-0.4, -0.2) is 22.9 Å². The fourth-order valence-corrected chi connectivity index (χ4v) is 2.59. The number of phenolic OH excluding ortho intramolecular Hbond substituents is 1. The molecule has 0 bridgehead atoms. The van der Waals surface area contributed by atoms with Crippen LogP contribution in [0.25, 0.3) is 0 Å². The van der Waals surface area contributed by atoms with Gasteiger partial charge in [-0.25, -0.2) is 4.79 Å². The maximum atomic E-state index is 12.2. The minimum atomic E-state index is -0.569. The molecule has 0 aliphatic heterocycles. The Morgan fingerprint density at radius 2 is 1.79 bits per heavy atom. The molecule has 0 aliphatic carbocycles. The van der Waals surface area contributed by atoms with Gasteiger partial charge in [-0.3, -0.25) is 5.32 Å². The van der Waals surface area contributed by atoms with Crippen molar-refractivity contribution >= 4 is 27.7 Å². The van der Waals surface area contributed by atoms with Crippen LogP contribution in [0.1, 0.15) is 25.0 Å². The van der Waals surface area contributed by atoms with Crippen molar-refractivity contribution in [3.8, 4) is 5.75 Å². The van der Waals surface area contributed by atoms with Gasteiger partial charge in [0.2, 0.25) is 0 Å². The number of anilines is 1. The first-order valence-electron chi connectivity index (χ1n) is 7.62. The number of ether oxygens (including phenoxy) is 1. The lowest BCUT2D eigenvalue weighted by molar-refractivity contribution is 0.0667. The van der Waals surface area contributed by atoms with Gasteiger partial charge in [0.25, 0.3) is 0 Å². The number of hydrogen-bond acceptors (Lipinski definition) is 4. The Morgan fingerprint density at radius 3 is 2.38 bits per heavy atom. The van der Waals surface area contributed by atoms with Gasteiger partial charge in [0, 0.05) is 16.8 Å². The first kappa shape index (κ1) is 18.3. The number of carbonyl (C=O) groups excluding carboxylic acids is 1. The summed E-state index contributed by atoms with van der Waals surface area (Å²) in [7, 11) is 0. The summed E-state index contributed by atoms with van der Waals surface area (Å²) in [4.78, 5) is 12.2. The number of amides is 1. The molecule has 5 nitrogen and oxygen atoms in total. The Bertz CT molecular complexity index is 658. The number of benzene rings is 2. The molecule has 2 atom stereocenters. The zero-order valence-electron chi connectivity index (χ0n) is 13.3. The summed E-state index contributed by atoms with van der Waals surface area (Å²) >= 11 is 3.34. The molecule has 0 heterocycles. The Hall–Kier alpha value is -2.05. The summed E-state index contributed by atoms with van der Waals surface area (Å²) in [6.45, 7) is 1.91. The first-order chi connectivity index (χ1) is 11.5. The van der Waals surface area contributed by atoms with Crippen molar-refractivity contribution in [1.29, 1.82) is 0 Å². The first-order valence-corrected chi connectivity index (χ1v) is 8.42. The molecule has 0 saturated heterocycles. The summed E-state index contributed by atoms with van der Waals surface area (Å²) in [5, 5.41) is 21.3. The molecule has 24 heavy (non-hydrogen) atoms.